The summed E-state index contributed by atoms with van der Waals surface area (Å²) >= 11 is 0. The Bertz CT molecular complexity index is 1090. The first-order valence-electron chi connectivity index (χ1n) is 8.54. The molecule has 0 spiro atoms. The molecule has 0 bridgehead atoms. The van der Waals surface area contributed by atoms with Crippen LogP contribution in [0.3, 0.4) is 0 Å². The Kier molecular flexibility index (Phi) is 4.20. The molecule has 4 rings (SSSR count). The summed E-state index contributed by atoms with van der Waals surface area (Å²) in [7, 11) is 0. The largest absolute Gasteiger partial charge is 0.360 e. The van der Waals surface area contributed by atoms with Gasteiger partial charge in [0.15, 0.2) is 0 Å². The van der Waals surface area contributed by atoms with Gasteiger partial charge in [0.2, 0.25) is 5.78 Å². The van der Waals surface area contributed by atoms with E-state index in [-0.39, 0.29) is 5.78 Å². The molecule has 0 saturated carbocycles. The van der Waals surface area contributed by atoms with Gasteiger partial charge in [-0.25, -0.2) is 4.99 Å². The third-order valence-electron chi connectivity index (χ3n) is 4.37. The fourth-order valence-corrected chi connectivity index (χ4v) is 2.98. The number of carbonyl (C=O) groups excluding carboxylic acids is 1. The number of aryl methyl sites for hydroxylation is 1. The Balaban J connectivity index is 1.89. The van der Waals surface area contributed by atoms with Gasteiger partial charge in [-0.1, -0.05) is 66.2 Å². The third kappa shape index (κ3) is 3.07. The minimum atomic E-state index is -0.0871. The molecule has 1 aromatic heterocycles. The highest BCUT2D eigenvalue weighted by atomic mass is 16.1. The molecule has 0 aliphatic heterocycles. The molecule has 0 fully saturated rings. The number of carbonyl (C=O) groups is 1. The maximum absolute atomic E-state index is 13.2. The van der Waals surface area contributed by atoms with Crippen LogP contribution in [0.15, 0.2) is 90.1 Å². The Labute approximate surface area is 152 Å². The molecule has 126 valence electrons. The van der Waals surface area contributed by atoms with Crippen molar-refractivity contribution in [3.8, 4) is 0 Å². The Hall–Kier alpha value is -3.46. The van der Waals surface area contributed by atoms with Crippen LogP contribution in [0.1, 0.15) is 21.5 Å². The number of para-hydroxylation sites is 1. The zero-order chi connectivity index (χ0) is 17.9. The molecular weight excluding hydrogens is 320 g/mol. The second kappa shape index (κ2) is 6.81. The van der Waals surface area contributed by atoms with Crippen molar-refractivity contribution in [2.24, 2.45) is 4.99 Å². The fourth-order valence-electron chi connectivity index (χ4n) is 2.98. The molecule has 1 heterocycles. The Morgan fingerprint density at radius 2 is 1.54 bits per heavy atom. The number of fused-ring (bicyclic) bond motifs is 1. The molecule has 0 amide bonds. The summed E-state index contributed by atoms with van der Waals surface area (Å²) in [6.45, 7) is 2.03. The molecule has 4 aromatic rings. The molecule has 3 nitrogen and oxygen atoms in total. The van der Waals surface area contributed by atoms with E-state index in [0.717, 1.165) is 27.7 Å². The monoisotopic (exact) mass is 338 g/mol. The van der Waals surface area contributed by atoms with Gasteiger partial charge in [-0.2, -0.15) is 0 Å². The highest BCUT2D eigenvalue weighted by Gasteiger charge is 2.19. The van der Waals surface area contributed by atoms with Gasteiger partial charge in [-0.05, 0) is 25.1 Å². The van der Waals surface area contributed by atoms with Crippen LogP contribution in [0.2, 0.25) is 0 Å². The van der Waals surface area contributed by atoms with Crippen LogP contribution in [0.5, 0.6) is 0 Å². The van der Waals surface area contributed by atoms with Crippen molar-refractivity contribution < 1.29 is 4.79 Å². The Morgan fingerprint density at radius 1 is 0.846 bits per heavy atom. The first-order valence-corrected chi connectivity index (χ1v) is 8.54. The van der Waals surface area contributed by atoms with Crippen molar-refractivity contribution in [3.63, 3.8) is 0 Å². The number of Topliss-reactive ketones (excluding diaryl/α,β-unsaturated/α-hetero) is 1. The first kappa shape index (κ1) is 16.0. The lowest BCUT2D eigenvalue weighted by Crippen LogP contribution is -2.15. The standard InChI is InChI=1S/C23H18N2O/c1-16-11-13-18(14-12-16)25-22(23(26)17-7-3-2-4-8-17)20-15-24-21-10-6-5-9-19(20)21/h2-15,24H,1H3. The number of aromatic nitrogens is 1. The predicted octanol–water partition coefficient (Wildman–Crippen LogP) is 5.48. The average Bonchev–Trinajstić information content (AvgIpc) is 3.12. The van der Waals surface area contributed by atoms with Gasteiger partial charge in [0.1, 0.15) is 5.71 Å². The minimum absolute atomic E-state index is 0.0871. The first-order chi connectivity index (χ1) is 12.7. The molecule has 26 heavy (non-hydrogen) atoms. The van der Waals surface area contributed by atoms with Crippen LogP contribution in [0.4, 0.5) is 5.69 Å². The normalized spacial score (nSPS) is 11.7. The van der Waals surface area contributed by atoms with Crippen molar-refractivity contribution >= 4 is 28.1 Å². The van der Waals surface area contributed by atoms with Gasteiger partial charge < -0.3 is 4.98 Å². The maximum Gasteiger partial charge on any atom is 0.212 e. The topological polar surface area (TPSA) is 45.2 Å². The number of ketones is 1. The lowest BCUT2D eigenvalue weighted by atomic mass is 10.00. The lowest BCUT2D eigenvalue weighted by molar-refractivity contribution is 0.106. The van der Waals surface area contributed by atoms with Gasteiger partial charge in [-0.15, -0.1) is 0 Å². The summed E-state index contributed by atoms with van der Waals surface area (Å²) in [4.78, 5) is 21.2. The molecule has 0 radical (unpaired) electrons. The molecule has 3 heteroatoms. The van der Waals surface area contributed by atoms with E-state index in [1.165, 1.54) is 0 Å². The summed E-state index contributed by atoms with van der Waals surface area (Å²) in [6.07, 6.45) is 1.86. The second-order valence-electron chi connectivity index (χ2n) is 6.24. The number of nitrogens with zero attached hydrogens (tertiary/aromatic N) is 1. The van der Waals surface area contributed by atoms with E-state index in [0.29, 0.717) is 11.3 Å². The van der Waals surface area contributed by atoms with Gasteiger partial charge in [0, 0.05) is 28.2 Å². The maximum atomic E-state index is 13.2. The number of aliphatic imine (C=N–C) groups is 1. The number of benzene rings is 3. The zero-order valence-electron chi connectivity index (χ0n) is 14.4. The highest BCUT2D eigenvalue weighted by Crippen LogP contribution is 2.23. The van der Waals surface area contributed by atoms with E-state index in [2.05, 4.69) is 4.98 Å². The quantitative estimate of drug-likeness (QED) is 0.389. The summed E-state index contributed by atoms with van der Waals surface area (Å²) in [5.41, 5.74) is 4.79. The summed E-state index contributed by atoms with van der Waals surface area (Å²) in [5.74, 6) is -0.0871. The molecule has 0 unspecified atom stereocenters. The SMILES string of the molecule is Cc1ccc(N=C(C(=O)c2ccccc2)c2c[nH]c3ccccc23)cc1. The molecule has 0 atom stereocenters. The summed E-state index contributed by atoms with van der Waals surface area (Å²) in [5, 5.41) is 0.989. The van der Waals surface area contributed by atoms with Crippen LogP contribution in [0.25, 0.3) is 10.9 Å². The van der Waals surface area contributed by atoms with Gasteiger partial charge in [0.05, 0.1) is 5.69 Å². The van der Waals surface area contributed by atoms with Crippen LogP contribution in [0, 0.1) is 6.92 Å². The van der Waals surface area contributed by atoms with Crippen molar-refractivity contribution in [1.82, 2.24) is 4.98 Å². The average molecular weight is 338 g/mol. The van der Waals surface area contributed by atoms with Gasteiger partial charge in [-0.3, -0.25) is 4.79 Å². The summed E-state index contributed by atoms with van der Waals surface area (Å²) in [6, 6.07) is 25.1. The molecule has 3 aromatic carbocycles. The third-order valence-corrected chi connectivity index (χ3v) is 4.37. The lowest BCUT2D eigenvalue weighted by Gasteiger charge is -2.06. The number of nitrogens with one attached hydrogen (secondary N) is 1. The van der Waals surface area contributed by atoms with Gasteiger partial charge >= 0.3 is 0 Å². The van der Waals surface area contributed by atoms with E-state index in [1.54, 1.807) is 0 Å². The van der Waals surface area contributed by atoms with E-state index in [1.807, 2.05) is 92.0 Å². The smallest absolute Gasteiger partial charge is 0.212 e. The second-order valence-corrected chi connectivity index (χ2v) is 6.24. The molecular formula is C23H18N2O. The number of H-pyrrole nitrogens is 1. The minimum Gasteiger partial charge on any atom is -0.360 e. The number of hydrogen-bond donors (Lipinski definition) is 1. The van der Waals surface area contributed by atoms with Crippen molar-refractivity contribution in [2.45, 2.75) is 6.92 Å². The number of hydrogen-bond acceptors (Lipinski definition) is 2. The van der Waals surface area contributed by atoms with E-state index >= 15 is 0 Å². The van der Waals surface area contributed by atoms with Crippen LogP contribution < -0.4 is 0 Å². The van der Waals surface area contributed by atoms with Crippen molar-refractivity contribution in [3.05, 3.63) is 102 Å². The molecule has 0 aliphatic rings. The molecule has 0 saturated heterocycles. The Morgan fingerprint density at radius 3 is 2.31 bits per heavy atom. The van der Waals surface area contributed by atoms with Crippen LogP contribution >= 0.6 is 0 Å². The van der Waals surface area contributed by atoms with E-state index < -0.39 is 0 Å². The van der Waals surface area contributed by atoms with E-state index in [9.17, 15) is 4.79 Å². The zero-order valence-corrected chi connectivity index (χ0v) is 14.4. The van der Waals surface area contributed by atoms with Crippen molar-refractivity contribution in [2.75, 3.05) is 0 Å². The summed E-state index contributed by atoms with van der Waals surface area (Å²) < 4.78 is 0. The van der Waals surface area contributed by atoms with Crippen molar-refractivity contribution in [1.29, 1.82) is 0 Å². The predicted molar refractivity (Wildman–Crippen MR) is 106 cm³/mol. The van der Waals surface area contributed by atoms with E-state index in [4.69, 9.17) is 4.99 Å². The van der Waals surface area contributed by atoms with Gasteiger partial charge in [0.25, 0.3) is 0 Å². The highest BCUT2D eigenvalue weighted by molar-refractivity contribution is 6.53. The molecule has 1 N–H and O–H groups in total. The number of aromatic amines is 1. The van der Waals surface area contributed by atoms with Crippen LogP contribution in [-0.4, -0.2) is 16.5 Å². The molecule has 0 aliphatic carbocycles. The fraction of sp³-hybridized carbons (Fsp3) is 0.0435. The number of rotatable bonds is 4. The van der Waals surface area contributed by atoms with Crippen LogP contribution in [-0.2, 0) is 0 Å².